The molecule has 2 nitrogen and oxygen atoms in total. The largest absolute Gasteiger partial charge is 0.379 e. The van der Waals surface area contributed by atoms with E-state index in [9.17, 15) is 0 Å². The minimum atomic E-state index is 0.860. The molecule has 0 rings (SSSR count). The van der Waals surface area contributed by atoms with E-state index in [-0.39, 0.29) is 0 Å². The molecule has 0 aliphatic carbocycles. The highest BCUT2D eigenvalue weighted by molar-refractivity contribution is 6.08. The third-order valence-electron chi connectivity index (χ3n) is 2.12. The van der Waals surface area contributed by atoms with E-state index in [1.165, 1.54) is 5.70 Å². The lowest BCUT2D eigenvalue weighted by Crippen LogP contribution is -2.24. The predicted molar refractivity (Wildman–Crippen MR) is 65.0 cm³/mol. The molecule has 3 heteroatoms. The van der Waals surface area contributed by atoms with Gasteiger partial charge in [0.15, 0.2) is 0 Å². The second-order valence-corrected chi connectivity index (χ2v) is 3.44. The molecule has 79 valence electrons. The summed E-state index contributed by atoms with van der Waals surface area (Å²) in [4.78, 5) is 6.66. The average Bonchev–Trinajstić information content (AvgIpc) is 2.18. The number of rotatable bonds is 6. The first-order valence-electron chi connectivity index (χ1n) is 5.30. The smallest absolute Gasteiger partial charge is 0.0513 e. The van der Waals surface area contributed by atoms with Crippen molar-refractivity contribution in [3.63, 3.8) is 0 Å². The number of nitrogens with zero attached hydrogens (tertiary/aromatic N) is 2. The third-order valence-corrected chi connectivity index (χ3v) is 2.51. The molecule has 0 saturated heterocycles. The van der Waals surface area contributed by atoms with Gasteiger partial charge in [-0.1, -0.05) is 6.92 Å². The van der Waals surface area contributed by atoms with E-state index in [2.05, 4.69) is 53.9 Å². The van der Waals surface area contributed by atoms with E-state index in [1.54, 1.807) is 0 Å². The summed E-state index contributed by atoms with van der Waals surface area (Å²) in [6.07, 6.45) is 4.11. The van der Waals surface area contributed by atoms with E-state index in [0.717, 1.165) is 31.4 Å². The van der Waals surface area contributed by atoms with E-state index < -0.39 is 0 Å². The van der Waals surface area contributed by atoms with Crippen LogP contribution in [0.1, 0.15) is 34.1 Å². The van der Waals surface area contributed by atoms with Gasteiger partial charge in [-0.3, -0.25) is 4.99 Å². The molecule has 0 aromatic carbocycles. The Morgan fingerprint density at radius 1 is 1.36 bits per heavy atom. The lowest BCUT2D eigenvalue weighted by Gasteiger charge is -2.23. The first-order chi connectivity index (χ1) is 6.69. The average molecular weight is 209 g/mol. The van der Waals surface area contributed by atoms with E-state index in [4.69, 9.17) is 0 Å². The van der Waals surface area contributed by atoms with Crippen molar-refractivity contribution in [1.29, 1.82) is 0 Å². The van der Waals surface area contributed by atoms with Crippen LogP contribution in [-0.4, -0.2) is 40.1 Å². The molecule has 0 aliphatic heterocycles. The van der Waals surface area contributed by atoms with Crippen molar-refractivity contribution in [2.75, 3.05) is 19.3 Å². The monoisotopic (exact) mass is 209 g/mol. The maximum atomic E-state index is 4.36. The molecule has 14 heavy (non-hydrogen) atoms. The number of hydrogen-bond donors (Lipinski definition) is 0. The Morgan fingerprint density at radius 3 is 2.36 bits per heavy atom. The van der Waals surface area contributed by atoms with Crippen molar-refractivity contribution in [3.8, 4) is 0 Å². The number of hydrogen-bond acceptors (Lipinski definition) is 2. The molecule has 3 radical (unpaired) electrons. The molecular formula is C11H21N2Si. The number of allylic oxidation sites excluding steroid dienone is 2. The molecule has 0 atom stereocenters. The molecule has 0 saturated carbocycles. The molecule has 0 heterocycles. The Morgan fingerprint density at radius 2 is 2.00 bits per heavy atom. The second kappa shape index (κ2) is 7.80. The summed E-state index contributed by atoms with van der Waals surface area (Å²) < 4.78 is 0. The highest BCUT2D eigenvalue weighted by Crippen LogP contribution is 2.07. The van der Waals surface area contributed by atoms with Gasteiger partial charge in [-0.25, -0.2) is 0 Å². The van der Waals surface area contributed by atoms with Crippen molar-refractivity contribution in [2.45, 2.75) is 34.1 Å². The molecule has 0 N–H and O–H groups in total. The minimum absolute atomic E-state index is 0.860. The van der Waals surface area contributed by atoms with Crippen molar-refractivity contribution < 1.29 is 0 Å². The van der Waals surface area contributed by atoms with Crippen LogP contribution in [0.3, 0.4) is 0 Å². The molecule has 0 aromatic rings. The third kappa shape index (κ3) is 4.60. The topological polar surface area (TPSA) is 15.6 Å². The Labute approximate surface area is 91.5 Å². The van der Waals surface area contributed by atoms with Crippen LogP contribution >= 0.6 is 0 Å². The fourth-order valence-electron chi connectivity index (χ4n) is 1.37. The molecule has 0 aromatic heterocycles. The van der Waals surface area contributed by atoms with Crippen molar-refractivity contribution in [3.05, 3.63) is 11.8 Å². The summed E-state index contributed by atoms with van der Waals surface area (Å²) >= 11 is 0. The molecule has 0 spiro atoms. The molecule has 0 amide bonds. The van der Waals surface area contributed by atoms with Crippen molar-refractivity contribution >= 4 is 16.0 Å². The quantitative estimate of drug-likeness (QED) is 0.484. The van der Waals surface area contributed by atoms with Crippen LogP contribution < -0.4 is 0 Å². The molecular weight excluding hydrogens is 188 g/mol. The SMILES string of the molecule is CCN=C(C)/C=C(/CC)N(CC)C[Si]. The van der Waals surface area contributed by atoms with Crippen LogP contribution in [0.15, 0.2) is 16.8 Å². The maximum Gasteiger partial charge on any atom is 0.0513 e. The Balaban J connectivity index is 4.59. The lowest BCUT2D eigenvalue weighted by molar-refractivity contribution is 0.409. The van der Waals surface area contributed by atoms with Crippen molar-refractivity contribution in [2.24, 2.45) is 4.99 Å². The van der Waals surface area contributed by atoms with Crippen LogP contribution in [0.2, 0.25) is 0 Å². The van der Waals surface area contributed by atoms with Gasteiger partial charge in [-0.05, 0) is 33.3 Å². The zero-order chi connectivity index (χ0) is 11.0. The zero-order valence-corrected chi connectivity index (χ0v) is 10.8. The zero-order valence-electron chi connectivity index (χ0n) is 9.80. The molecule has 0 fully saturated rings. The van der Waals surface area contributed by atoms with Gasteiger partial charge in [0.2, 0.25) is 0 Å². The van der Waals surface area contributed by atoms with E-state index in [0.29, 0.717) is 0 Å². The van der Waals surface area contributed by atoms with Crippen LogP contribution in [-0.2, 0) is 0 Å². The summed E-state index contributed by atoms with van der Waals surface area (Å²) in [5, 5.41) is 0. The Kier molecular flexibility index (Phi) is 7.48. The second-order valence-electron chi connectivity index (χ2n) is 3.12. The first-order valence-corrected chi connectivity index (χ1v) is 6.01. The van der Waals surface area contributed by atoms with E-state index in [1.807, 2.05) is 0 Å². The summed E-state index contributed by atoms with van der Waals surface area (Å²) in [6, 6.07) is 0. The Bertz CT molecular complexity index is 205. The molecule has 0 unspecified atom stereocenters. The summed E-state index contributed by atoms with van der Waals surface area (Å²) in [5.74, 6) is 0. The number of aliphatic imine (C=N–C) groups is 1. The van der Waals surface area contributed by atoms with Crippen LogP contribution in [0.4, 0.5) is 0 Å². The summed E-state index contributed by atoms with van der Waals surface area (Å²) in [5.41, 5.74) is 2.46. The van der Waals surface area contributed by atoms with Gasteiger partial charge in [-0.15, -0.1) is 0 Å². The molecule has 0 bridgehead atoms. The fraction of sp³-hybridized carbons (Fsp3) is 0.727. The highest BCUT2D eigenvalue weighted by atomic mass is 28.1. The minimum Gasteiger partial charge on any atom is -0.379 e. The van der Waals surface area contributed by atoms with Crippen LogP contribution in [0, 0.1) is 0 Å². The van der Waals surface area contributed by atoms with Gasteiger partial charge >= 0.3 is 0 Å². The van der Waals surface area contributed by atoms with Gasteiger partial charge in [0.05, 0.1) is 10.2 Å². The van der Waals surface area contributed by atoms with Gasteiger partial charge in [-0.2, -0.15) is 0 Å². The standard InChI is InChI=1S/C11H21N2Si/c1-5-11(13(7-3)9-14)8-10(4)12-6-2/h8H,5-7,9H2,1-4H3/b11-8-,12-10?. The van der Waals surface area contributed by atoms with Gasteiger partial charge in [0, 0.05) is 30.7 Å². The molecule has 0 aliphatic rings. The highest BCUT2D eigenvalue weighted by Gasteiger charge is 2.02. The fourth-order valence-corrected chi connectivity index (χ4v) is 1.80. The maximum absolute atomic E-state index is 4.36. The Hall–Kier alpha value is -0.573. The van der Waals surface area contributed by atoms with E-state index >= 15 is 0 Å². The van der Waals surface area contributed by atoms with Crippen LogP contribution in [0.5, 0.6) is 0 Å². The van der Waals surface area contributed by atoms with Gasteiger partial charge in [0.1, 0.15) is 0 Å². The summed E-state index contributed by atoms with van der Waals surface area (Å²) in [6.45, 7) is 10.3. The predicted octanol–water partition coefficient (Wildman–Crippen LogP) is 2.21. The lowest BCUT2D eigenvalue weighted by atomic mass is 10.2. The van der Waals surface area contributed by atoms with Crippen molar-refractivity contribution in [1.82, 2.24) is 4.90 Å². The normalized spacial score (nSPS) is 13.2. The summed E-state index contributed by atoms with van der Waals surface area (Å²) in [7, 11) is 3.54. The first kappa shape index (κ1) is 13.4. The van der Waals surface area contributed by atoms with Crippen LogP contribution in [0.25, 0.3) is 0 Å². The van der Waals surface area contributed by atoms with Gasteiger partial charge in [0.25, 0.3) is 0 Å². The van der Waals surface area contributed by atoms with Gasteiger partial charge < -0.3 is 4.90 Å².